The van der Waals surface area contributed by atoms with Gasteiger partial charge in [-0.3, -0.25) is 9.59 Å². The Kier molecular flexibility index (Phi) is 6.05. The second-order valence-electron chi connectivity index (χ2n) is 5.47. The average Bonchev–Trinajstić information content (AvgIpc) is 2.56. The number of carbonyl (C=O) groups is 2. The minimum Gasteiger partial charge on any atom is -0.481 e. The lowest BCUT2D eigenvalue weighted by molar-refractivity contribution is -0.129. The molecule has 0 heterocycles. The first-order valence-electron chi connectivity index (χ1n) is 7.61. The Bertz CT molecular complexity index is 781. The Balaban J connectivity index is 1.82. The monoisotopic (exact) mass is 348 g/mol. The number of benzene rings is 2. The van der Waals surface area contributed by atoms with Gasteiger partial charge < -0.3 is 15.4 Å². The second-order valence-corrected chi connectivity index (χ2v) is 5.47. The van der Waals surface area contributed by atoms with Gasteiger partial charge in [-0.2, -0.15) is 0 Å². The number of hydrogen-bond acceptors (Lipinski definition) is 3. The molecule has 7 heteroatoms. The number of nitrogens with one attached hydrogen (secondary N) is 2. The third kappa shape index (κ3) is 5.56. The number of rotatable bonds is 6. The van der Waals surface area contributed by atoms with Crippen LogP contribution in [0.25, 0.3) is 0 Å². The van der Waals surface area contributed by atoms with Crippen molar-refractivity contribution in [3.63, 3.8) is 0 Å². The van der Waals surface area contributed by atoms with Gasteiger partial charge in [-0.05, 0) is 43.7 Å². The van der Waals surface area contributed by atoms with Crippen LogP contribution in [0.1, 0.15) is 12.5 Å². The van der Waals surface area contributed by atoms with Crippen molar-refractivity contribution >= 4 is 17.5 Å². The normalized spacial score (nSPS) is 11.5. The van der Waals surface area contributed by atoms with E-state index in [1.807, 2.05) is 19.1 Å². The van der Waals surface area contributed by atoms with Gasteiger partial charge in [-0.15, -0.1) is 0 Å². The summed E-state index contributed by atoms with van der Waals surface area (Å²) < 4.78 is 31.4. The van der Waals surface area contributed by atoms with E-state index in [0.717, 1.165) is 17.7 Å². The Hall–Kier alpha value is -2.96. The quantitative estimate of drug-likeness (QED) is 0.844. The number of amides is 2. The molecule has 0 bridgehead atoms. The number of anilines is 1. The third-order valence-corrected chi connectivity index (χ3v) is 3.30. The van der Waals surface area contributed by atoms with Crippen LogP contribution >= 0.6 is 0 Å². The molecule has 2 N–H and O–H groups in total. The first kappa shape index (κ1) is 18.4. The summed E-state index contributed by atoms with van der Waals surface area (Å²) in [7, 11) is 0. The molecule has 0 spiro atoms. The van der Waals surface area contributed by atoms with Crippen molar-refractivity contribution in [1.82, 2.24) is 5.32 Å². The van der Waals surface area contributed by atoms with Gasteiger partial charge in [-0.1, -0.05) is 12.1 Å². The Morgan fingerprint density at radius 2 is 1.88 bits per heavy atom. The van der Waals surface area contributed by atoms with Crippen LogP contribution < -0.4 is 15.4 Å². The molecule has 1 atom stereocenters. The number of aryl methyl sites for hydroxylation is 1. The molecule has 0 saturated carbocycles. The molecule has 0 radical (unpaired) electrons. The first-order chi connectivity index (χ1) is 11.8. The van der Waals surface area contributed by atoms with Gasteiger partial charge in [0.15, 0.2) is 17.7 Å². The van der Waals surface area contributed by atoms with Gasteiger partial charge in [0.2, 0.25) is 5.91 Å². The summed E-state index contributed by atoms with van der Waals surface area (Å²) in [5.74, 6) is -2.56. The largest absolute Gasteiger partial charge is 0.481 e. The number of carbonyl (C=O) groups excluding carboxylic acids is 2. The summed E-state index contributed by atoms with van der Waals surface area (Å²) in [5.41, 5.74) is 1.10. The number of ether oxygens (including phenoxy) is 1. The Labute approximate surface area is 144 Å². The van der Waals surface area contributed by atoms with E-state index >= 15 is 0 Å². The molecule has 0 fully saturated rings. The minimum atomic E-state index is -1.07. The zero-order valence-corrected chi connectivity index (χ0v) is 13.8. The SMILES string of the molecule is Cc1cccc(O[C@H](C)C(=O)NCC(=O)Nc2ccc(F)c(F)c2)c1. The summed E-state index contributed by atoms with van der Waals surface area (Å²) in [6.45, 7) is 3.14. The first-order valence-corrected chi connectivity index (χ1v) is 7.61. The van der Waals surface area contributed by atoms with Crippen molar-refractivity contribution in [2.75, 3.05) is 11.9 Å². The van der Waals surface area contributed by atoms with Gasteiger partial charge in [0.1, 0.15) is 5.75 Å². The lowest BCUT2D eigenvalue weighted by atomic mass is 10.2. The molecule has 25 heavy (non-hydrogen) atoms. The van der Waals surface area contributed by atoms with Gasteiger partial charge in [0.25, 0.3) is 5.91 Å². The predicted molar refractivity (Wildman–Crippen MR) is 89.3 cm³/mol. The van der Waals surface area contributed by atoms with Gasteiger partial charge >= 0.3 is 0 Å². The maximum atomic E-state index is 13.1. The van der Waals surface area contributed by atoms with E-state index < -0.39 is 29.6 Å². The molecule has 2 amide bonds. The summed E-state index contributed by atoms with van der Waals surface area (Å²) >= 11 is 0. The molecule has 0 aliphatic carbocycles. The van der Waals surface area contributed by atoms with Crippen LogP contribution in [0.4, 0.5) is 14.5 Å². The molecular weight excluding hydrogens is 330 g/mol. The fourth-order valence-electron chi connectivity index (χ4n) is 2.04. The van der Waals surface area contributed by atoms with Gasteiger partial charge in [0.05, 0.1) is 6.54 Å². The molecule has 0 aliphatic rings. The highest BCUT2D eigenvalue weighted by atomic mass is 19.2. The van der Waals surface area contributed by atoms with E-state index in [4.69, 9.17) is 4.74 Å². The van der Waals surface area contributed by atoms with Crippen LogP contribution in [-0.4, -0.2) is 24.5 Å². The molecular formula is C18H18F2N2O3. The zero-order chi connectivity index (χ0) is 18.4. The number of hydrogen-bond donors (Lipinski definition) is 2. The summed E-state index contributed by atoms with van der Waals surface area (Å²) in [5, 5.41) is 4.78. The fourth-order valence-corrected chi connectivity index (χ4v) is 2.04. The molecule has 0 aromatic heterocycles. The lowest BCUT2D eigenvalue weighted by Gasteiger charge is -2.15. The highest BCUT2D eigenvalue weighted by molar-refractivity contribution is 5.95. The van der Waals surface area contributed by atoms with Crippen molar-refractivity contribution in [2.45, 2.75) is 20.0 Å². The van der Waals surface area contributed by atoms with Gasteiger partial charge in [-0.25, -0.2) is 8.78 Å². The molecule has 2 aromatic carbocycles. The van der Waals surface area contributed by atoms with Gasteiger partial charge in [0, 0.05) is 11.8 Å². The van der Waals surface area contributed by atoms with E-state index in [2.05, 4.69) is 10.6 Å². The summed E-state index contributed by atoms with van der Waals surface area (Å²) in [6.07, 6.45) is -0.794. The fraction of sp³-hybridized carbons (Fsp3) is 0.222. The standard InChI is InChI=1S/C18H18F2N2O3/c1-11-4-3-5-14(8-11)25-12(2)18(24)21-10-17(23)22-13-6-7-15(19)16(20)9-13/h3-9,12H,10H2,1-2H3,(H,21,24)(H,22,23)/t12-/m1/s1. The van der Waals surface area contributed by atoms with E-state index in [9.17, 15) is 18.4 Å². The average molecular weight is 348 g/mol. The predicted octanol–water partition coefficient (Wildman–Crippen LogP) is 2.80. The molecule has 0 saturated heterocycles. The van der Waals surface area contributed by atoms with Crippen LogP contribution in [0.2, 0.25) is 0 Å². The highest BCUT2D eigenvalue weighted by Gasteiger charge is 2.16. The molecule has 0 unspecified atom stereocenters. The minimum absolute atomic E-state index is 0.0993. The molecule has 2 aromatic rings. The van der Waals surface area contributed by atoms with Crippen molar-refractivity contribution in [1.29, 1.82) is 0 Å². The zero-order valence-electron chi connectivity index (χ0n) is 13.8. The second kappa shape index (κ2) is 8.23. The molecule has 5 nitrogen and oxygen atoms in total. The number of halogens is 2. The van der Waals surface area contributed by atoms with E-state index in [0.29, 0.717) is 5.75 Å². The Morgan fingerprint density at radius 1 is 1.12 bits per heavy atom. The van der Waals surface area contributed by atoms with E-state index in [-0.39, 0.29) is 12.2 Å². The van der Waals surface area contributed by atoms with Crippen LogP contribution in [0, 0.1) is 18.6 Å². The molecule has 132 valence electrons. The molecule has 2 rings (SSSR count). The van der Waals surface area contributed by atoms with Crippen LogP contribution in [0.3, 0.4) is 0 Å². The van der Waals surface area contributed by atoms with Crippen molar-refractivity contribution in [3.8, 4) is 5.75 Å². The molecule has 0 aliphatic heterocycles. The maximum Gasteiger partial charge on any atom is 0.261 e. The van der Waals surface area contributed by atoms with E-state index in [1.165, 1.54) is 6.07 Å². The third-order valence-electron chi connectivity index (χ3n) is 3.30. The lowest BCUT2D eigenvalue weighted by Crippen LogP contribution is -2.40. The summed E-state index contributed by atoms with van der Waals surface area (Å²) in [4.78, 5) is 23.7. The Morgan fingerprint density at radius 3 is 2.56 bits per heavy atom. The van der Waals surface area contributed by atoms with Crippen molar-refractivity contribution in [3.05, 3.63) is 59.7 Å². The highest BCUT2D eigenvalue weighted by Crippen LogP contribution is 2.14. The van der Waals surface area contributed by atoms with Crippen molar-refractivity contribution < 1.29 is 23.1 Å². The van der Waals surface area contributed by atoms with Crippen LogP contribution in [0.15, 0.2) is 42.5 Å². The smallest absolute Gasteiger partial charge is 0.261 e. The maximum absolute atomic E-state index is 13.1. The van der Waals surface area contributed by atoms with Crippen LogP contribution in [0.5, 0.6) is 5.75 Å². The van der Waals surface area contributed by atoms with E-state index in [1.54, 1.807) is 19.1 Å². The summed E-state index contributed by atoms with van der Waals surface area (Å²) in [6, 6.07) is 10.2. The van der Waals surface area contributed by atoms with Crippen LogP contribution in [-0.2, 0) is 9.59 Å². The topological polar surface area (TPSA) is 67.4 Å². The van der Waals surface area contributed by atoms with Crippen molar-refractivity contribution in [2.24, 2.45) is 0 Å².